The lowest BCUT2D eigenvalue weighted by atomic mass is 10.3. The molecule has 1 aromatic carbocycles. The molecule has 0 unspecified atom stereocenters. The van der Waals surface area contributed by atoms with Crippen molar-refractivity contribution in [3.05, 3.63) is 24.6 Å². The molecule has 72 valence electrons. The molecule has 0 heterocycles. The standard InChI is InChI=1S/C7H3Br2F2IO/c8-3-1-2-4(13-7(10)11)5(9)6(3)12/h1-2,7H. The highest BCUT2D eigenvalue weighted by Crippen LogP contribution is 2.35. The first-order chi connectivity index (χ1) is 6.02. The van der Waals surface area contributed by atoms with Crippen LogP contribution in [0.4, 0.5) is 8.78 Å². The molecular weight excluding hydrogens is 425 g/mol. The highest BCUT2D eigenvalue weighted by atomic mass is 127. The van der Waals surface area contributed by atoms with Gasteiger partial charge in [0.1, 0.15) is 5.75 Å². The van der Waals surface area contributed by atoms with Gasteiger partial charge in [-0.25, -0.2) is 0 Å². The maximum Gasteiger partial charge on any atom is 0.387 e. The van der Waals surface area contributed by atoms with Gasteiger partial charge in [-0.1, -0.05) is 0 Å². The number of alkyl halides is 2. The van der Waals surface area contributed by atoms with Gasteiger partial charge in [0.2, 0.25) is 0 Å². The Labute approximate surface area is 104 Å². The predicted octanol–water partition coefficient (Wildman–Crippen LogP) is 4.42. The molecule has 1 rings (SSSR count). The molecule has 13 heavy (non-hydrogen) atoms. The van der Waals surface area contributed by atoms with Crippen molar-refractivity contribution < 1.29 is 13.5 Å². The summed E-state index contributed by atoms with van der Waals surface area (Å²) in [6.45, 7) is -2.80. The third-order valence-electron chi connectivity index (χ3n) is 1.22. The molecule has 0 saturated carbocycles. The Morgan fingerprint density at radius 3 is 2.46 bits per heavy atom. The van der Waals surface area contributed by atoms with Crippen LogP contribution in [0, 0.1) is 3.57 Å². The van der Waals surface area contributed by atoms with Crippen molar-refractivity contribution in [2.24, 2.45) is 0 Å². The molecule has 0 spiro atoms. The molecule has 1 nitrogen and oxygen atoms in total. The Hall–Kier alpha value is 0.570. The number of rotatable bonds is 2. The number of benzene rings is 1. The van der Waals surface area contributed by atoms with Crippen LogP contribution in [0.1, 0.15) is 0 Å². The van der Waals surface area contributed by atoms with Gasteiger partial charge in [-0.3, -0.25) is 0 Å². The molecule has 0 amide bonds. The highest BCUT2D eigenvalue weighted by Gasteiger charge is 2.12. The maximum atomic E-state index is 11.9. The fraction of sp³-hybridized carbons (Fsp3) is 0.143. The smallest absolute Gasteiger partial charge is 0.387 e. The molecule has 0 aliphatic heterocycles. The molecule has 0 bridgehead atoms. The molecule has 0 aliphatic rings. The van der Waals surface area contributed by atoms with Gasteiger partial charge >= 0.3 is 6.61 Å². The summed E-state index contributed by atoms with van der Waals surface area (Å²) >= 11 is 8.45. The van der Waals surface area contributed by atoms with Crippen molar-refractivity contribution in [1.29, 1.82) is 0 Å². The van der Waals surface area contributed by atoms with Crippen LogP contribution >= 0.6 is 54.5 Å². The monoisotopic (exact) mass is 426 g/mol. The summed E-state index contributed by atoms with van der Waals surface area (Å²) in [4.78, 5) is 0. The normalized spacial score (nSPS) is 10.6. The zero-order valence-electron chi connectivity index (χ0n) is 6.03. The molecule has 0 radical (unpaired) electrons. The first-order valence-electron chi connectivity index (χ1n) is 3.10. The van der Waals surface area contributed by atoms with Gasteiger partial charge in [0.05, 0.1) is 4.47 Å². The first-order valence-corrected chi connectivity index (χ1v) is 5.77. The minimum Gasteiger partial charge on any atom is -0.434 e. The van der Waals surface area contributed by atoms with Gasteiger partial charge in [-0.05, 0) is 66.6 Å². The second-order valence-electron chi connectivity index (χ2n) is 2.05. The number of hydrogen-bond acceptors (Lipinski definition) is 1. The average Bonchev–Trinajstić information content (AvgIpc) is 2.06. The fourth-order valence-electron chi connectivity index (χ4n) is 0.695. The second kappa shape index (κ2) is 4.88. The lowest BCUT2D eigenvalue weighted by molar-refractivity contribution is -0.0504. The van der Waals surface area contributed by atoms with Crippen LogP contribution in [0.2, 0.25) is 0 Å². The van der Waals surface area contributed by atoms with E-state index in [4.69, 9.17) is 0 Å². The Morgan fingerprint density at radius 2 is 1.92 bits per heavy atom. The van der Waals surface area contributed by atoms with E-state index in [0.717, 1.165) is 8.04 Å². The minimum absolute atomic E-state index is 0.141. The van der Waals surface area contributed by atoms with E-state index in [0.29, 0.717) is 4.47 Å². The summed E-state index contributed by atoms with van der Waals surface area (Å²) < 4.78 is 30.2. The van der Waals surface area contributed by atoms with E-state index in [2.05, 4.69) is 36.6 Å². The van der Waals surface area contributed by atoms with Gasteiger partial charge in [0.25, 0.3) is 0 Å². The lowest BCUT2D eigenvalue weighted by Crippen LogP contribution is -2.02. The second-order valence-corrected chi connectivity index (χ2v) is 4.78. The summed E-state index contributed by atoms with van der Waals surface area (Å²) in [7, 11) is 0. The summed E-state index contributed by atoms with van der Waals surface area (Å²) in [5.74, 6) is 0.141. The average molecular weight is 428 g/mol. The molecule has 0 atom stereocenters. The van der Waals surface area contributed by atoms with Crippen molar-refractivity contribution >= 4 is 54.5 Å². The highest BCUT2D eigenvalue weighted by molar-refractivity contribution is 14.1. The number of hydrogen-bond donors (Lipinski definition) is 0. The third kappa shape index (κ3) is 3.02. The van der Waals surface area contributed by atoms with Gasteiger partial charge < -0.3 is 4.74 Å². The summed E-state index contributed by atoms with van der Waals surface area (Å²) in [5, 5.41) is 0. The van der Waals surface area contributed by atoms with Crippen molar-refractivity contribution in [3.8, 4) is 5.75 Å². The molecule has 1 aromatic rings. The van der Waals surface area contributed by atoms with Gasteiger partial charge in [-0.2, -0.15) is 8.78 Å². The van der Waals surface area contributed by atoms with Crippen LogP contribution in [-0.2, 0) is 0 Å². The molecular formula is C7H3Br2F2IO. The first kappa shape index (κ1) is 11.6. The minimum atomic E-state index is -2.80. The van der Waals surface area contributed by atoms with Crippen LogP contribution in [0.5, 0.6) is 5.75 Å². The topological polar surface area (TPSA) is 9.23 Å². The Balaban J connectivity index is 3.04. The zero-order chi connectivity index (χ0) is 10.0. The van der Waals surface area contributed by atoms with Crippen molar-refractivity contribution in [1.82, 2.24) is 0 Å². The van der Waals surface area contributed by atoms with E-state index in [1.165, 1.54) is 6.07 Å². The molecule has 0 N–H and O–H groups in total. The fourth-order valence-corrected chi connectivity index (χ4v) is 2.18. The zero-order valence-corrected chi connectivity index (χ0v) is 11.4. The summed E-state index contributed by atoms with van der Waals surface area (Å²) in [6.07, 6.45) is 0. The SMILES string of the molecule is FC(F)Oc1ccc(Br)c(I)c1Br. The molecule has 0 fully saturated rings. The van der Waals surface area contributed by atoms with E-state index < -0.39 is 6.61 Å². The molecule has 0 aromatic heterocycles. The molecule has 6 heteroatoms. The lowest BCUT2D eigenvalue weighted by Gasteiger charge is -2.08. The van der Waals surface area contributed by atoms with Crippen molar-refractivity contribution in [3.63, 3.8) is 0 Å². The van der Waals surface area contributed by atoms with Gasteiger partial charge in [0, 0.05) is 8.04 Å². The van der Waals surface area contributed by atoms with Gasteiger partial charge in [0.15, 0.2) is 0 Å². The molecule has 0 saturated heterocycles. The summed E-state index contributed by atoms with van der Waals surface area (Å²) in [6, 6.07) is 3.13. The van der Waals surface area contributed by atoms with Crippen LogP contribution in [0.15, 0.2) is 21.1 Å². The third-order valence-corrected chi connectivity index (χ3v) is 5.27. The van der Waals surface area contributed by atoms with E-state index >= 15 is 0 Å². The summed E-state index contributed by atoms with van der Waals surface area (Å²) in [5.41, 5.74) is 0. The molecule has 0 aliphatic carbocycles. The van der Waals surface area contributed by atoms with E-state index in [1.807, 2.05) is 22.6 Å². The Morgan fingerprint density at radius 1 is 1.31 bits per heavy atom. The van der Waals surface area contributed by atoms with Crippen molar-refractivity contribution in [2.45, 2.75) is 6.61 Å². The van der Waals surface area contributed by atoms with Gasteiger partial charge in [-0.15, -0.1) is 0 Å². The largest absolute Gasteiger partial charge is 0.434 e. The maximum absolute atomic E-state index is 11.9. The van der Waals surface area contributed by atoms with E-state index in [9.17, 15) is 8.78 Å². The van der Waals surface area contributed by atoms with E-state index in [1.54, 1.807) is 6.07 Å². The van der Waals surface area contributed by atoms with Crippen LogP contribution in [-0.4, -0.2) is 6.61 Å². The van der Waals surface area contributed by atoms with Crippen LogP contribution in [0.25, 0.3) is 0 Å². The number of halogens is 5. The number of ether oxygens (including phenoxy) is 1. The predicted molar refractivity (Wildman–Crippen MR) is 61.2 cm³/mol. The van der Waals surface area contributed by atoms with E-state index in [-0.39, 0.29) is 5.75 Å². The quantitative estimate of drug-likeness (QED) is 0.501. The van der Waals surface area contributed by atoms with Crippen molar-refractivity contribution in [2.75, 3.05) is 0 Å². The van der Waals surface area contributed by atoms with Crippen LogP contribution < -0.4 is 4.74 Å². The Kier molecular flexibility index (Phi) is 4.37. The van der Waals surface area contributed by atoms with Crippen LogP contribution in [0.3, 0.4) is 0 Å². The Bertz CT molecular complexity index is 320.